The number of nitrogens with one attached hydrogen (secondary N) is 8. The zero-order valence-electron chi connectivity index (χ0n) is 49.0. The number of benzene rings is 2. The predicted molar refractivity (Wildman–Crippen MR) is 311 cm³/mol. The quantitative estimate of drug-likeness (QED) is 0.0740. The number of amides is 8. The molecule has 8 N–H and O–H groups in total. The molecule has 8 rings (SSSR count). The van der Waals surface area contributed by atoms with E-state index in [1.54, 1.807) is 52.2 Å². The van der Waals surface area contributed by atoms with Gasteiger partial charge in [-0.2, -0.15) is 0 Å². The Hall–Kier alpha value is -7.58. The third kappa shape index (κ3) is 13.7. The number of hydrogen-bond donors (Lipinski definition) is 8. The molecule has 20 nitrogen and oxygen atoms in total. The highest BCUT2D eigenvalue weighted by atomic mass is 16.2. The van der Waals surface area contributed by atoms with E-state index in [1.807, 2.05) is 77.9 Å². The highest BCUT2D eigenvalue weighted by molar-refractivity contribution is 6.05. The smallest absolute Gasteiger partial charge is 0.253 e. The van der Waals surface area contributed by atoms with E-state index in [4.69, 9.17) is 0 Å². The summed E-state index contributed by atoms with van der Waals surface area (Å²) in [6, 6.07) is 15.0. The molecule has 0 saturated carbocycles. The van der Waals surface area contributed by atoms with Crippen molar-refractivity contribution in [1.29, 1.82) is 0 Å². The topological polar surface area (TPSA) is 265 Å². The molecule has 4 aromatic rings. The van der Waals surface area contributed by atoms with Crippen molar-refractivity contribution >= 4 is 47.3 Å². The summed E-state index contributed by atoms with van der Waals surface area (Å²) in [7, 11) is 3.30. The van der Waals surface area contributed by atoms with Crippen molar-refractivity contribution in [3.05, 3.63) is 119 Å². The lowest BCUT2D eigenvalue weighted by atomic mass is 9.85. The molecule has 0 bridgehead atoms. The second kappa shape index (κ2) is 25.7. The lowest BCUT2D eigenvalue weighted by molar-refractivity contribution is -0.144. The van der Waals surface area contributed by atoms with Gasteiger partial charge in [0.2, 0.25) is 35.4 Å². The van der Waals surface area contributed by atoms with E-state index in [-0.39, 0.29) is 84.2 Å². The van der Waals surface area contributed by atoms with E-state index in [2.05, 4.69) is 64.6 Å². The third-order valence-electron chi connectivity index (χ3n) is 16.6. The zero-order valence-corrected chi connectivity index (χ0v) is 49.0. The minimum absolute atomic E-state index is 0.0490. The van der Waals surface area contributed by atoms with Crippen LogP contribution in [0, 0.1) is 10.8 Å². The van der Waals surface area contributed by atoms with Gasteiger partial charge in [-0.25, -0.2) is 0 Å². The number of aryl methyl sites for hydroxylation is 2. The Balaban J connectivity index is 1.04. The Morgan fingerprint density at radius 1 is 0.524 bits per heavy atom. The maximum absolute atomic E-state index is 14.9. The van der Waals surface area contributed by atoms with Crippen molar-refractivity contribution in [2.45, 2.75) is 167 Å². The van der Waals surface area contributed by atoms with Crippen LogP contribution in [0.15, 0.2) is 85.2 Å². The van der Waals surface area contributed by atoms with Crippen LogP contribution < -0.4 is 42.5 Å². The van der Waals surface area contributed by atoms with E-state index in [1.165, 1.54) is 22.2 Å². The summed E-state index contributed by atoms with van der Waals surface area (Å²) in [5.41, 5.74) is 3.13. The maximum atomic E-state index is 14.9. The molecule has 4 aliphatic rings. The Morgan fingerprint density at radius 3 is 1.27 bits per heavy atom. The number of fused-ring (bicyclic) bond motifs is 2. The van der Waals surface area contributed by atoms with Crippen LogP contribution in [0.1, 0.15) is 149 Å². The highest BCUT2D eigenvalue weighted by Crippen LogP contribution is 2.34. The van der Waals surface area contributed by atoms with E-state index < -0.39 is 82.8 Å². The summed E-state index contributed by atoms with van der Waals surface area (Å²) in [6.07, 6.45) is 8.04. The minimum atomic E-state index is -1.02. The lowest BCUT2D eigenvalue weighted by Crippen LogP contribution is -2.59. The van der Waals surface area contributed by atoms with Crippen LogP contribution in [0.5, 0.6) is 0 Å². The molecular formula is C62H82N12O8. The number of likely N-dealkylation sites (N-methyl/N-ethyl adjacent to an activating group) is 2. The fraction of sp³-hybridized carbons (Fsp3) is 0.516. The van der Waals surface area contributed by atoms with E-state index >= 15 is 0 Å². The van der Waals surface area contributed by atoms with Gasteiger partial charge in [0, 0.05) is 37.6 Å². The van der Waals surface area contributed by atoms with Crippen LogP contribution in [-0.2, 0) is 41.6 Å². The van der Waals surface area contributed by atoms with E-state index in [0.29, 0.717) is 12.8 Å². The van der Waals surface area contributed by atoms with Gasteiger partial charge in [-0.15, -0.1) is 0 Å². The van der Waals surface area contributed by atoms with Crippen molar-refractivity contribution < 1.29 is 38.4 Å². The predicted octanol–water partition coefficient (Wildman–Crippen LogP) is 4.21. The first-order valence-electron chi connectivity index (χ1n) is 28.8. The van der Waals surface area contributed by atoms with Crippen LogP contribution in [0.4, 0.5) is 0 Å². The van der Waals surface area contributed by atoms with Gasteiger partial charge in [-0.3, -0.25) is 48.3 Å². The van der Waals surface area contributed by atoms with Gasteiger partial charge >= 0.3 is 0 Å². The molecule has 10 atom stereocenters. The van der Waals surface area contributed by atoms with Crippen molar-refractivity contribution in [2.24, 2.45) is 10.8 Å². The number of pyridine rings is 2. The first kappa shape index (κ1) is 60.5. The molecule has 20 heteroatoms. The average Bonchev–Trinajstić information content (AvgIpc) is 4.31. The number of aromatic nitrogens is 2. The first-order chi connectivity index (χ1) is 39.0. The summed E-state index contributed by atoms with van der Waals surface area (Å²) < 4.78 is 0. The van der Waals surface area contributed by atoms with Gasteiger partial charge in [-0.1, -0.05) is 90.1 Å². The first-order valence-corrected chi connectivity index (χ1v) is 28.8. The Labute approximate surface area is 481 Å². The van der Waals surface area contributed by atoms with Gasteiger partial charge in [0.05, 0.1) is 35.3 Å². The molecule has 2 aliphatic heterocycles. The molecule has 2 aromatic heterocycles. The van der Waals surface area contributed by atoms with Gasteiger partial charge in [-0.05, 0) is 137 Å². The number of hydrogen-bond acceptors (Lipinski definition) is 12. The average molecular weight is 1120 g/mol. The summed E-state index contributed by atoms with van der Waals surface area (Å²) in [4.78, 5) is 127. The number of likely N-dealkylation sites (tertiary alicyclic amines) is 2. The molecule has 2 fully saturated rings. The Bertz CT molecular complexity index is 2840. The molecule has 2 unspecified atom stereocenters. The van der Waals surface area contributed by atoms with Crippen LogP contribution >= 0.6 is 0 Å². The molecule has 438 valence electrons. The fourth-order valence-electron chi connectivity index (χ4n) is 11.7. The highest BCUT2D eigenvalue weighted by Gasteiger charge is 2.48. The molecular weight excluding hydrogens is 1040 g/mol. The van der Waals surface area contributed by atoms with Gasteiger partial charge in [0.1, 0.15) is 35.6 Å². The number of carbonyl (C=O) groups excluding carboxylic acids is 8. The fourth-order valence-corrected chi connectivity index (χ4v) is 11.7. The molecule has 4 heterocycles. The monoisotopic (exact) mass is 1120 g/mol. The SMILES string of the molecule is CN[C@@H](C)C(=O)NC(C(=O)N1C[C@@H](NC(=O)c2cccnc2-c2ncccc2C(=O)N[C@H]2C[C@@H](C(=O)N[C@@H]3CCCc4ccccc43)N(C(=O)[C@@H](NC(=O)[C@H](C)NC)C(C)(C)C)C2)CC1C(=O)N[C@@H]1CCCc2ccccc21)C(C)(C)C. The van der Waals surface area contributed by atoms with E-state index in [0.717, 1.165) is 47.9 Å². The van der Waals surface area contributed by atoms with Crippen LogP contribution in [0.3, 0.4) is 0 Å². The minimum Gasteiger partial charge on any atom is -0.347 e. The molecule has 2 aliphatic carbocycles. The van der Waals surface area contributed by atoms with Gasteiger partial charge < -0.3 is 52.3 Å². The summed E-state index contributed by atoms with van der Waals surface area (Å²) in [5.74, 6) is -3.63. The molecule has 0 radical (unpaired) electrons. The third-order valence-corrected chi connectivity index (χ3v) is 16.6. The van der Waals surface area contributed by atoms with Gasteiger partial charge in [0.15, 0.2) is 0 Å². The Morgan fingerprint density at radius 2 is 0.902 bits per heavy atom. The molecule has 82 heavy (non-hydrogen) atoms. The maximum Gasteiger partial charge on any atom is 0.253 e. The standard InChI is InChI=1S/C62H82N12O8/c1-35(63-9)53(75)71-51(61(3,4)5)59(81)73-33-39(31-47(73)57(79)69-45-27-15-21-37-19-11-13-23-41(37)45)67-55(77)43-25-17-29-65-49(43)50-44(26-18-30-66-50)56(78)68-40-32-48(58(80)70-46-28-16-22-38-20-12-14-24-42(38)46)74(34-40)60(82)52(62(6,7)8)72-54(76)36(2)64-10/h11-14,17-20,23-26,29-30,35-36,39-40,45-48,51-52,63-64H,15-16,21-22,27-28,31-34H2,1-10H3,(H,67,77)(H,68,78)(H,69,79)(H,70,80)(H,71,75)(H,72,76)/t35-,36-,39-,40-,45+,46+,47-,48?,51+,52?/m0/s1. The summed E-state index contributed by atoms with van der Waals surface area (Å²) in [6.45, 7) is 14.3. The lowest BCUT2D eigenvalue weighted by Gasteiger charge is -2.36. The zero-order chi connectivity index (χ0) is 59.2. The molecule has 2 saturated heterocycles. The van der Waals surface area contributed by atoms with Gasteiger partial charge in [0.25, 0.3) is 11.8 Å². The summed E-state index contributed by atoms with van der Waals surface area (Å²) >= 11 is 0. The second-order valence-corrected chi connectivity index (χ2v) is 24.6. The molecule has 8 amide bonds. The second-order valence-electron chi connectivity index (χ2n) is 24.6. The van der Waals surface area contributed by atoms with Crippen LogP contribution in [-0.4, -0.2) is 143 Å². The van der Waals surface area contributed by atoms with Crippen LogP contribution in [0.2, 0.25) is 0 Å². The number of rotatable bonds is 17. The molecule has 2 aromatic carbocycles. The molecule has 0 spiro atoms. The van der Waals surface area contributed by atoms with Crippen molar-refractivity contribution in [2.75, 3.05) is 27.2 Å². The number of carbonyl (C=O) groups is 8. The summed E-state index contributed by atoms with van der Waals surface area (Å²) in [5, 5.41) is 24.3. The van der Waals surface area contributed by atoms with Crippen LogP contribution in [0.25, 0.3) is 11.4 Å². The van der Waals surface area contributed by atoms with Crippen molar-refractivity contribution in [3.8, 4) is 11.4 Å². The Kier molecular flexibility index (Phi) is 19.0. The van der Waals surface area contributed by atoms with Crippen molar-refractivity contribution in [1.82, 2.24) is 62.3 Å². The number of nitrogens with zero attached hydrogens (tertiary/aromatic N) is 4. The van der Waals surface area contributed by atoms with Crippen molar-refractivity contribution in [3.63, 3.8) is 0 Å². The largest absolute Gasteiger partial charge is 0.347 e. The normalized spacial score (nSPS) is 22.0. The van der Waals surface area contributed by atoms with E-state index in [9.17, 15) is 38.4 Å².